The van der Waals surface area contributed by atoms with Crippen molar-refractivity contribution in [2.45, 2.75) is 19.1 Å². The number of nitrogens with one attached hydrogen (secondary N) is 1. The molecule has 0 unspecified atom stereocenters. The van der Waals surface area contributed by atoms with Gasteiger partial charge in [0, 0.05) is 11.4 Å². The summed E-state index contributed by atoms with van der Waals surface area (Å²) in [5.74, 6) is 0.269. The number of alkyl halides is 3. The van der Waals surface area contributed by atoms with Crippen LogP contribution in [-0.2, 0) is 6.18 Å². The highest BCUT2D eigenvalue weighted by atomic mass is 19.4. The van der Waals surface area contributed by atoms with E-state index in [9.17, 15) is 13.2 Å². The molecule has 2 heterocycles. The van der Waals surface area contributed by atoms with Crippen molar-refractivity contribution in [3.8, 4) is 12.1 Å². The van der Waals surface area contributed by atoms with Crippen molar-refractivity contribution in [3.05, 3.63) is 88.0 Å². The van der Waals surface area contributed by atoms with Crippen LogP contribution in [0.2, 0.25) is 0 Å². The van der Waals surface area contributed by atoms with Gasteiger partial charge in [-0.15, -0.1) is 5.10 Å². The van der Waals surface area contributed by atoms with Crippen LogP contribution in [-0.4, -0.2) is 21.3 Å². The van der Waals surface area contributed by atoms with Crippen LogP contribution in [0.4, 0.5) is 30.8 Å². The van der Waals surface area contributed by atoms with Gasteiger partial charge in [0.2, 0.25) is 17.6 Å². The van der Waals surface area contributed by atoms with E-state index < -0.39 is 17.8 Å². The smallest absolute Gasteiger partial charge is 0.340 e. The maximum atomic E-state index is 13.4. The molecule has 4 rings (SSSR count). The predicted molar refractivity (Wildman–Crippen MR) is 116 cm³/mol. The van der Waals surface area contributed by atoms with E-state index in [1.165, 1.54) is 21.7 Å². The van der Waals surface area contributed by atoms with Gasteiger partial charge in [-0.3, -0.25) is 4.90 Å². The molecule has 0 aliphatic carbocycles. The van der Waals surface area contributed by atoms with Gasteiger partial charge < -0.3 is 5.32 Å². The van der Waals surface area contributed by atoms with Gasteiger partial charge in [0.1, 0.15) is 12.6 Å². The number of halogens is 3. The number of hydrogen-bond donors (Lipinski definition) is 1. The first kappa shape index (κ1) is 22.4. The Kier molecular flexibility index (Phi) is 5.66. The number of benzene rings is 2. The van der Waals surface area contributed by atoms with Crippen LogP contribution in [0.15, 0.2) is 59.9 Å². The minimum atomic E-state index is -4.55. The highest BCUT2D eigenvalue weighted by Gasteiger charge is 2.37. The fourth-order valence-corrected chi connectivity index (χ4v) is 3.72. The number of nitrogens with zero attached hydrogens (tertiary/aromatic N) is 7. The Labute approximate surface area is 192 Å². The third-order valence-electron chi connectivity index (χ3n) is 5.26. The molecule has 1 N–H and O–H groups in total. The Morgan fingerprint density at radius 3 is 2.53 bits per heavy atom. The highest BCUT2D eigenvalue weighted by Crippen LogP contribution is 2.44. The number of nitriles is 2. The summed E-state index contributed by atoms with van der Waals surface area (Å²) in [7, 11) is 0. The van der Waals surface area contributed by atoms with Crippen LogP contribution in [0.3, 0.4) is 0 Å². The second-order valence-corrected chi connectivity index (χ2v) is 7.29. The second kappa shape index (κ2) is 8.61. The molecule has 0 saturated heterocycles. The van der Waals surface area contributed by atoms with Crippen LogP contribution in [0.25, 0.3) is 4.85 Å². The molecule has 1 atom stereocenters. The van der Waals surface area contributed by atoms with Gasteiger partial charge in [-0.1, -0.05) is 18.2 Å². The third-order valence-corrected chi connectivity index (χ3v) is 5.26. The van der Waals surface area contributed by atoms with Crippen molar-refractivity contribution < 1.29 is 13.2 Å². The molecule has 0 amide bonds. The molecule has 0 bridgehead atoms. The Hall–Kier alpha value is -4.82. The lowest BCUT2D eigenvalue weighted by Crippen LogP contribution is -2.30. The number of anilines is 3. The van der Waals surface area contributed by atoms with Crippen LogP contribution >= 0.6 is 0 Å². The van der Waals surface area contributed by atoms with E-state index in [2.05, 4.69) is 20.2 Å². The van der Waals surface area contributed by atoms with Crippen LogP contribution in [0.5, 0.6) is 0 Å². The number of aromatic nitrogens is 3. The second-order valence-electron chi connectivity index (χ2n) is 7.29. The molecule has 1 aliphatic heterocycles. The molecule has 1 aromatic heterocycles. The van der Waals surface area contributed by atoms with E-state index in [-0.39, 0.29) is 29.8 Å². The molecular formula is C23H15F3N8. The predicted octanol–water partition coefficient (Wildman–Crippen LogP) is 5.00. The molecule has 0 radical (unpaired) electrons. The van der Waals surface area contributed by atoms with E-state index in [1.54, 1.807) is 31.2 Å². The lowest BCUT2D eigenvalue weighted by Gasteiger charge is -2.34. The zero-order valence-corrected chi connectivity index (χ0v) is 17.7. The maximum Gasteiger partial charge on any atom is 0.416 e. The first-order valence-corrected chi connectivity index (χ1v) is 9.91. The minimum absolute atomic E-state index is 0.0867. The molecule has 11 heteroatoms. The van der Waals surface area contributed by atoms with E-state index in [1.807, 2.05) is 12.1 Å². The quantitative estimate of drug-likeness (QED) is 0.435. The van der Waals surface area contributed by atoms with Gasteiger partial charge in [-0.25, -0.2) is 9.53 Å². The summed E-state index contributed by atoms with van der Waals surface area (Å²) in [6.45, 7) is 9.37. The fourth-order valence-electron chi connectivity index (χ4n) is 3.72. The molecular weight excluding hydrogens is 445 g/mol. The molecule has 168 valence electrons. The summed E-state index contributed by atoms with van der Waals surface area (Å²) < 4.78 is 41.6. The summed E-state index contributed by atoms with van der Waals surface area (Å²) in [5.41, 5.74) is 1.01. The SMILES string of the molecule is [C-]#[N+]C1=C(C)N(c2cccc(C(F)(F)F)c2)c2nc(NCC#N)nn2[C@@H]1c1ccc(C#N)cc1. The fraction of sp³-hybridized carbons (Fsp3) is 0.174. The Morgan fingerprint density at radius 2 is 1.91 bits per heavy atom. The van der Waals surface area contributed by atoms with Crippen LogP contribution in [0, 0.1) is 29.2 Å². The Morgan fingerprint density at radius 1 is 1.18 bits per heavy atom. The van der Waals surface area contributed by atoms with Crippen molar-refractivity contribution in [3.63, 3.8) is 0 Å². The summed E-state index contributed by atoms with van der Waals surface area (Å²) >= 11 is 0. The summed E-state index contributed by atoms with van der Waals surface area (Å²) in [6.07, 6.45) is -4.55. The van der Waals surface area contributed by atoms with Crippen molar-refractivity contribution in [1.29, 1.82) is 10.5 Å². The van der Waals surface area contributed by atoms with Gasteiger partial charge in [0.25, 0.3) is 0 Å². The molecule has 3 aromatic rings. The largest absolute Gasteiger partial charge is 0.416 e. The number of hydrogen-bond acceptors (Lipinski definition) is 6. The number of fused-ring (bicyclic) bond motifs is 1. The zero-order chi connectivity index (χ0) is 24.5. The maximum absolute atomic E-state index is 13.4. The molecule has 0 saturated carbocycles. The average Bonchev–Trinajstić information content (AvgIpc) is 3.24. The molecule has 0 spiro atoms. The third kappa shape index (κ3) is 3.89. The zero-order valence-electron chi connectivity index (χ0n) is 17.7. The molecule has 34 heavy (non-hydrogen) atoms. The average molecular weight is 460 g/mol. The van der Waals surface area contributed by atoms with Gasteiger partial charge in [-0.05, 0) is 42.8 Å². The normalized spacial score (nSPS) is 15.2. The van der Waals surface area contributed by atoms with Crippen LogP contribution < -0.4 is 10.2 Å². The van der Waals surface area contributed by atoms with Gasteiger partial charge in [-0.2, -0.15) is 28.7 Å². The van der Waals surface area contributed by atoms with Crippen molar-refractivity contribution in [1.82, 2.24) is 14.8 Å². The lowest BCUT2D eigenvalue weighted by molar-refractivity contribution is -0.137. The minimum Gasteiger partial charge on any atom is -0.340 e. The van der Waals surface area contributed by atoms with Crippen molar-refractivity contribution in [2.75, 3.05) is 16.8 Å². The van der Waals surface area contributed by atoms with E-state index >= 15 is 0 Å². The van der Waals surface area contributed by atoms with E-state index in [0.717, 1.165) is 12.1 Å². The summed E-state index contributed by atoms with van der Waals surface area (Å²) in [4.78, 5) is 9.53. The Balaban J connectivity index is 1.93. The summed E-state index contributed by atoms with van der Waals surface area (Å²) in [6, 6.07) is 14.5. The monoisotopic (exact) mass is 460 g/mol. The van der Waals surface area contributed by atoms with Crippen molar-refractivity contribution in [2.24, 2.45) is 0 Å². The number of rotatable bonds is 4. The van der Waals surface area contributed by atoms with Gasteiger partial charge >= 0.3 is 6.18 Å². The lowest BCUT2D eigenvalue weighted by atomic mass is 9.99. The van der Waals surface area contributed by atoms with Gasteiger partial charge in [0.05, 0.1) is 29.8 Å². The number of allylic oxidation sites excluding steroid dienone is 2. The van der Waals surface area contributed by atoms with E-state index in [0.29, 0.717) is 16.8 Å². The molecule has 1 aliphatic rings. The first-order valence-electron chi connectivity index (χ1n) is 9.91. The van der Waals surface area contributed by atoms with Crippen LogP contribution in [0.1, 0.15) is 29.7 Å². The van der Waals surface area contributed by atoms with E-state index in [4.69, 9.17) is 17.1 Å². The first-order chi connectivity index (χ1) is 16.3. The standard InChI is InChI=1S/C23H15F3N8/c1-14-19(29-2)20(16-8-6-15(13-28)7-9-16)34-22(31-21(32-34)30-11-10-27)33(14)18-5-3-4-17(12-18)23(24,25)26/h3-9,12,20H,11H2,1H3,(H,30,32)/t20-/m1/s1. The summed E-state index contributed by atoms with van der Waals surface area (Å²) in [5, 5.41) is 25.2. The molecule has 2 aromatic carbocycles. The Bertz CT molecular complexity index is 1400. The highest BCUT2D eigenvalue weighted by molar-refractivity contribution is 5.68. The topological polar surface area (TPSA) is 97.9 Å². The molecule has 0 fully saturated rings. The van der Waals surface area contributed by atoms with Gasteiger partial charge in [0.15, 0.2) is 0 Å². The van der Waals surface area contributed by atoms with Crippen molar-refractivity contribution >= 4 is 17.6 Å². The molecule has 8 nitrogen and oxygen atoms in total.